The third-order valence-electron chi connectivity index (χ3n) is 3.78. The van der Waals surface area contributed by atoms with Crippen LogP contribution in [0, 0.1) is 0 Å². The quantitative estimate of drug-likeness (QED) is 0.535. The van der Waals surface area contributed by atoms with E-state index >= 15 is 0 Å². The zero-order chi connectivity index (χ0) is 16.7. The van der Waals surface area contributed by atoms with Crippen molar-refractivity contribution in [2.24, 2.45) is 10.7 Å². The van der Waals surface area contributed by atoms with Crippen molar-refractivity contribution >= 4 is 17.2 Å². The summed E-state index contributed by atoms with van der Waals surface area (Å²) < 4.78 is 0. The molecular formula is C19H26N4. The number of benzene rings is 2. The van der Waals surface area contributed by atoms with Gasteiger partial charge in [0.25, 0.3) is 0 Å². The molecule has 4 nitrogen and oxygen atoms in total. The lowest BCUT2D eigenvalue weighted by Gasteiger charge is -2.16. The molecule has 122 valence electrons. The number of aliphatic imine (C=N–C) groups is 1. The Bertz CT molecular complexity index is 664. The van der Waals surface area contributed by atoms with E-state index in [1.807, 2.05) is 43.4 Å². The number of anilines is 2. The number of nitrogens with two attached hydrogens (primary N) is 1. The van der Waals surface area contributed by atoms with Crippen molar-refractivity contribution in [3.8, 4) is 0 Å². The maximum absolute atomic E-state index is 6.25. The molecule has 0 aromatic heterocycles. The van der Waals surface area contributed by atoms with E-state index in [1.165, 1.54) is 0 Å². The highest BCUT2D eigenvalue weighted by atomic mass is 14.9. The average Bonchev–Trinajstić information content (AvgIpc) is 2.60. The van der Waals surface area contributed by atoms with E-state index in [0.717, 1.165) is 35.5 Å². The van der Waals surface area contributed by atoms with Crippen molar-refractivity contribution in [1.29, 1.82) is 0 Å². The molecule has 0 spiro atoms. The number of hydrogen-bond donors (Lipinski definition) is 3. The van der Waals surface area contributed by atoms with Gasteiger partial charge in [-0.1, -0.05) is 37.3 Å². The van der Waals surface area contributed by atoms with Gasteiger partial charge in [-0.15, -0.1) is 0 Å². The molecule has 0 fully saturated rings. The Kier molecular flexibility index (Phi) is 6.03. The van der Waals surface area contributed by atoms with Crippen molar-refractivity contribution in [3.63, 3.8) is 0 Å². The lowest BCUT2D eigenvalue weighted by molar-refractivity contribution is 0.817. The van der Waals surface area contributed by atoms with Crippen molar-refractivity contribution in [1.82, 2.24) is 0 Å². The molecule has 2 aromatic carbocycles. The lowest BCUT2D eigenvalue weighted by Crippen LogP contribution is -2.17. The van der Waals surface area contributed by atoms with Crippen LogP contribution in [0.15, 0.2) is 53.5 Å². The monoisotopic (exact) mass is 310 g/mol. The van der Waals surface area contributed by atoms with Gasteiger partial charge < -0.3 is 16.4 Å². The Morgan fingerprint density at radius 2 is 1.74 bits per heavy atom. The number of amidine groups is 1. The SMILES string of the molecule is CCCNc1ccccc1C(C)N=C(N)c1ccccc1NC. The van der Waals surface area contributed by atoms with Crippen LogP contribution >= 0.6 is 0 Å². The molecule has 0 saturated heterocycles. The van der Waals surface area contributed by atoms with Gasteiger partial charge in [0.2, 0.25) is 0 Å². The summed E-state index contributed by atoms with van der Waals surface area (Å²) in [5.41, 5.74) is 10.4. The van der Waals surface area contributed by atoms with Crippen LogP contribution in [0.1, 0.15) is 37.4 Å². The standard InChI is InChI=1S/C19H26N4/c1-4-13-22-18-12-8-5-9-15(18)14(2)23-19(20)16-10-6-7-11-17(16)21-3/h5-12,14,21-22H,4,13H2,1-3H3,(H2,20,23). The van der Waals surface area contributed by atoms with E-state index in [0.29, 0.717) is 5.84 Å². The smallest absolute Gasteiger partial charge is 0.128 e. The molecule has 1 unspecified atom stereocenters. The molecular weight excluding hydrogens is 284 g/mol. The summed E-state index contributed by atoms with van der Waals surface area (Å²) in [5, 5.41) is 6.61. The molecule has 0 radical (unpaired) electrons. The molecule has 23 heavy (non-hydrogen) atoms. The van der Waals surface area contributed by atoms with Crippen molar-refractivity contribution in [3.05, 3.63) is 59.7 Å². The first-order valence-electron chi connectivity index (χ1n) is 8.10. The van der Waals surface area contributed by atoms with Crippen LogP contribution in [0.4, 0.5) is 11.4 Å². The minimum atomic E-state index is -0.0135. The Labute approximate surface area is 138 Å². The molecule has 0 bridgehead atoms. The Balaban J connectivity index is 2.28. The zero-order valence-electron chi connectivity index (χ0n) is 14.1. The van der Waals surface area contributed by atoms with Crippen LogP contribution in [0.3, 0.4) is 0 Å². The van der Waals surface area contributed by atoms with Crippen LogP contribution in [0.5, 0.6) is 0 Å². The van der Waals surface area contributed by atoms with Crippen LogP contribution in [-0.4, -0.2) is 19.4 Å². The zero-order valence-corrected chi connectivity index (χ0v) is 14.1. The molecule has 2 aromatic rings. The number of rotatable bonds is 7. The molecule has 0 heterocycles. The highest BCUT2D eigenvalue weighted by Gasteiger charge is 2.11. The van der Waals surface area contributed by atoms with Gasteiger partial charge in [0.15, 0.2) is 0 Å². The van der Waals surface area contributed by atoms with Crippen molar-refractivity contribution in [2.45, 2.75) is 26.3 Å². The predicted molar refractivity (Wildman–Crippen MR) is 100 cm³/mol. The van der Waals surface area contributed by atoms with Gasteiger partial charge in [-0.05, 0) is 37.1 Å². The summed E-state index contributed by atoms with van der Waals surface area (Å²) in [5.74, 6) is 0.549. The predicted octanol–water partition coefficient (Wildman–Crippen LogP) is 4.02. The minimum Gasteiger partial charge on any atom is -0.388 e. The van der Waals surface area contributed by atoms with E-state index in [-0.39, 0.29) is 6.04 Å². The molecule has 1 atom stereocenters. The Hall–Kier alpha value is -2.49. The minimum absolute atomic E-state index is 0.0135. The largest absolute Gasteiger partial charge is 0.388 e. The second kappa shape index (κ2) is 8.22. The normalized spacial score (nSPS) is 12.7. The van der Waals surface area contributed by atoms with Gasteiger partial charge in [-0.3, -0.25) is 4.99 Å². The molecule has 0 aliphatic rings. The average molecular weight is 310 g/mol. The molecule has 0 aliphatic heterocycles. The first-order chi connectivity index (χ1) is 11.2. The first kappa shape index (κ1) is 16.9. The Morgan fingerprint density at radius 3 is 2.43 bits per heavy atom. The summed E-state index contributed by atoms with van der Waals surface area (Å²) >= 11 is 0. The molecule has 4 heteroatoms. The number of hydrogen-bond acceptors (Lipinski definition) is 3. The molecule has 0 saturated carbocycles. The Morgan fingerprint density at radius 1 is 1.09 bits per heavy atom. The van der Waals surface area contributed by atoms with E-state index in [1.54, 1.807) is 0 Å². The van der Waals surface area contributed by atoms with Crippen LogP contribution in [0.25, 0.3) is 0 Å². The third-order valence-corrected chi connectivity index (χ3v) is 3.78. The fraction of sp³-hybridized carbons (Fsp3) is 0.316. The van der Waals surface area contributed by atoms with Gasteiger partial charge in [0, 0.05) is 30.5 Å². The summed E-state index contributed by atoms with van der Waals surface area (Å²) in [7, 11) is 1.89. The molecule has 0 amide bonds. The van der Waals surface area contributed by atoms with E-state index < -0.39 is 0 Å². The maximum atomic E-state index is 6.25. The maximum Gasteiger partial charge on any atom is 0.128 e. The lowest BCUT2D eigenvalue weighted by atomic mass is 10.1. The number of para-hydroxylation sites is 2. The number of nitrogens with zero attached hydrogens (tertiary/aromatic N) is 1. The van der Waals surface area contributed by atoms with Crippen molar-refractivity contribution < 1.29 is 0 Å². The van der Waals surface area contributed by atoms with Crippen LogP contribution in [0.2, 0.25) is 0 Å². The van der Waals surface area contributed by atoms with Crippen LogP contribution < -0.4 is 16.4 Å². The van der Waals surface area contributed by atoms with Crippen molar-refractivity contribution in [2.75, 3.05) is 24.2 Å². The molecule has 4 N–H and O–H groups in total. The molecule has 0 aliphatic carbocycles. The van der Waals surface area contributed by atoms with Crippen LogP contribution in [-0.2, 0) is 0 Å². The second-order valence-corrected chi connectivity index (χ2v) is 5.50. The van der Waals surface area contributed by atoms with Gasteiger partial charge in [0.05, 0.1) is 6.04 Å². The summed E-state index contributed by atoms with van der Waals surface area (Å²) in [6.07, 6.45) is 1.09. The molecule has 2 rings (SSSR count). The van der Waals surface area contributed by atoms with Gasteiger partial charge in [-0.2, -0.15) is 0 Å². The van der Waals surface area contributed by atoms with Gasteiger partial charge in [-0.25, -0.2) is 0 Å². The van der Waals surface area contributed by atoms with E-state index in [2.05, 4.69) is 36.6 Å². The summed E-state index contributed by atoms with van der Waals surface area (Å²) in [4.78, 5) is 4.71. The highest BCUT2D eigenvalue weighted by Crippen LogP contribution is 2.26. The first-order valence-corrected chi connectivity index (χ1v) is 8.10. The van der Waals surface area contributed by atoms with Gasteiger partial charge in [0.1, 0.15) is 5.84 Å². The van der Waals surface area contributed by atoms with Gasteiger partial charge >= 0.3 is 0 Å². The summed E-state index contributed by atoms with van der Waals surface area (Å²) in [6, 6.07) is 16.2. The van der Waals surface area contributed by atoms with E-state index in [4.69, 9.17) is 10.7 Å². The summed E-state index contributed by atoms with van der Waals surface area (Å²) in [6.45, 7) is 5.18. The number of nitrogens with one attached hydrogen (secondary N) is 2. The fourth-order valence-electron chi connectivity index (χ4n) is 2.55. The van der Waals surface area contributed by atoms with E-state index in [9.17, 15) is 0 Å². The third kappa shape index (κ3) is 4.25. The second-order valence-electron chi connectivity index (χ2n) is 5.50. The fourth-order valence-corrected chi connectivity index (χ4v) is 2.55. The topological polar surface area (TPSA) is 62.4 Å². The highest BCUT2D eigenvalue weighted by molar-refractivity contribution is 6.02.